The van der Waals surface area contributed by atoms with Crippen LogP contribution in [0, 0.1) is 5.82 Å². The van der Waals surface area contributed by atoms with Crippen LogP contribution >= 0.6 is 11.3 Å². The van der Waals surface area contributed by atoms with Gasteiger partial charge in [-0.05, 0) is 43.2 Å². The first-order valence-corrected chi connectivity index (χ1v) is 12.7. The maximum Gasteiger partial charge on any atom is 0.149 e. The fourth-order valence-corrected chi connectivity index (χ4v) is 6.95. The van der Waals surface area contributed by atoms with Crippen molar-refractivity contribution in [3.8, 4) is 22.5 Å². The average molecular weight is 484 g/mol. The number of nitrogen functional groups attached to an aromatic ring is 1. The van der Waals surface area contributed by atoms with Crippen molar-refractivity contribution < 1.29 is 13.7 Å². The quantitative estimate of drug-likeness (QED) is 0.361. The maximum atomic E-state index is 14.8. The molecule has 0 spiro atoms. The summed E-state index contributed by atoms with van der Waals surface area (Å²) in [5.74, 6) is 0.160. The second-order valence-electron chi connectivity index (χ2n) is 7.81. The van der Waals surface area contributed by atoms with Crippen LogP contribution in [0.1, 0.15) is 19.3 Å². The Morgan fingerprint density at radius 1 is 1.27 bits per heavy atom. The van der Waals surface area contributed by atoms with E-state index >= 15 is 0 Å². The van der Waals surface area contributed by atoms with Gasteiger partial charge in [0.1, 0.15) is 26.4 Å². The second kappa shape index (κ2) is 9.12. The van der Waals surface area contributed by atoms with Crippen molar-refractivity contribution in [2.45, 2.75) is 28.7 Å². The summed E-state index contributed by atoms with van der Waals surface area (Å²) in [6, 6.07) is 8.29. The van der Waals surface area contributed by atoms with Gasteiger partial charge in [0, 0.05) is 40.7 Å². The van der Waals surface area contributed by atoms with Crippen molar-refractivity contribution >= 4 is 43.9 Å². The highest BCUT2D eigenvalue weighted by Gasteiger charge is 2.30. The van der Waals surface area contributed by atoms with Gasteiger partial charge in [0.2, 0.25) is 0 Å². The molecule has 0 radical (unpaired) electrons. The van der Waals surface area contributed by atoms with Gasteiger partial charge in [-0.25, -0.2) is 14.4 Å². The van der Waals surface area contributed by atoms with E-state index in [9.17, 15) is 8.60 Å². The Kier molecular flexibility index (Phi) is 6.05. The van der Waals surface area contributed by atoms with E-state index in [-0.39, 0.29) is 17.6 Å². The molecule has 10 heteroatoms. The summed E-state index contributed by atoms with van der Waals surface area (Å²) in [4.78, 5) is 14.0. The highest BCUT2D eigenvalue weighted by molar-refractivity contribution is 7.88. The van der Waals surface area contributed by atoms with Crippen molar-refractivity contribution in [2.24, 2.45) is 0 Å². The molecule has 33 heavy (non-hydrogen) atoms. The molecule has 0 aromatic carbocycles. The van der Waals surface area contributed by atoms with E-state index in [0.717, 1.165) is 24.8 Å². The molecular formula is C23H22FN5O2S2. The third-order valence-electron chi connectivity index (χ3n) is 5.69. The Bertz CT molecular complexity index is 1340. The first-order valence-electron chi connectivity index (χ1n) is 10.6. The normalized spacial score (nSPS) is 14.8. The van der Waals surface area contributed by atoms with Crippen LogP contribution in [0.25, 0.3) is 32.7 Å². The van der Waals surface area contributed by atoms with E-state index in [0.29, 0.717) is 43.7 Å². The predicted molar refractivity (Wildman–Crippen MR) is 130 cm³/mol. The number of hydrogen-bond donors (Lipinski definition) is 3. The highest BCUT2D eigenvalue weighted by Crippen LogP contribution is 2.44. The van der Waals surface area contributed by atoms with E-state index in [2.05, 4.69) is 15.3 Å². The first-order chi connectivity index (χ1) is 16.1. The predicted octanol–water partition coefficient (Wildman–Crippen LogP) is 4.21. The molecule has 0 saturated heterocycles. The molecule has 1 unspecified atom stereocenters. The SMILES string of the molecule is Nc1c(S(=O)C2CCC2)sc2nc(-c3ccc(NCCO)nc3)cc(-c3ncccc3F)c12. The number of nitrogens with zero attached hydrogens (tertiary/aromatic N) is 3. The van der Waals surface area contributed by atoms with Gasteiger partial charge >= 0.3 is 0 Å². The number of thiophene rings is 1. The number of aromatic nitrogens is 3. The monoisotopic (exact) mass is 483 g/mol. The van der Waals surface area contributed by atoms with Crippen LogP contribution in [0.3, 0.4) is 0 Å². The number of fused-ring (bicyclic) bond motifs is 1. The van der Waals surface area contributed by atoms with Gasteiger partial charge in [-0.3, -0.25) is 9.19 Å². The summed E-state index contributed by atoms with van der Waals surface area (Å²) >= 11 is 1.30. The van der Waals surface area contributed by atoms with E-state index < -0.39 is 16.6 Å². The minimum absolute atomic E-state index is 0.00498. The van der Waals surface area contributed by atoms with Crippen molar-refractivity contribution in [3.63, 3.8) is 0 Å². The van der Waals surface area contributed by atoms with Gasteiger partial charge in [-0.2, -0.15) is 0 Å². The Morgan fingerprint density at radius 2 is 2.12 bits per heavy atom. The highest BCUT2D eigenvalue weighted by atomic mass is 32.2. The van der Waals surface area contributed by atoms with Crippen LogP contribution in [0.5, 0.6) is 0 Å². The Hall–Kier alpha value is -2.95. The average Bonchev–Trinajstić information content (AvgIpc) is 3.13. The van der Waals surface area contributed by atoms with Crippen LogP contribution in [-0.4, -0.2) is 42.7 Å². The molecule has 170 valence electrons. The minimum Gasteiger partial charge on any atom is -0.396 e. The minimum atomic E-state index is -1.21. The van der Waals surface area contributed by atoms with Gasteiger partial charge < -0.3 is 16.2 Å². The lowest BCUT2D eigenvalue weighted by atomic mass is 10.0. The zero-order valence-corrected chi connectivity index (χ0v) is 19.3. The zero-order chi connectivity index (χ0) is 22.9. The van der Waals surface area contributed by atoms with Gasteiger partial charge in [0.15, 0.2) is 0 Å². The number of aliphatic hydroxyl groups excluding tert-OH is 1. The molecule has 4 N–H and O–H groups in total. The molecular weight excluding hydrogens is 461 g/mol. The van der Waals surface area contributed by atoms with Crippen LogP contribution in [0.15, 0.2) is 46.9 Å². The van der Waals surface area contributed by atoms with E-state index in [1.807, 2.05) is 6.07 Å². The topological polar surface area (TPSA) is 114 Å². The van der Waals surface area contributed by atoms with Crippen LogP contribution in [0.2, 0.25) is 0 Å². The summed E-state index contributed by atoms with van der Waals surface area (Å²) in [7, 11) is -1.21. The van der Waals surface area contributed by atoms with E-state index in [1.165, 1.54) is 29.7 Å². The van der Waals surface area contributed by atoms with Gasteiger partial charge in [-0.1, -0.05) is 6.42 Å². The summed E-state index contributed by atoms with van der Waals surface area (Å²) in [6.45, 7) is 0.403. The van der Waals surface area contributed by atoms with Gasteiger partial charge in [0.25, 0.3) is 0 Å². The number of anilines is 2. The fraction of sp³-hybridized carbons (Fsp3) is 0.261. The summed E-state index contributed by atoms with van der Waals surface area (Å²) < 4.78 is 28.5. The van der Waals surface area contributed by atoms with Crippen molar-refractivity contribution in [1.29, 1.82) is 0 Å². The lowest BCUT2D eigenvalue weighted by molar-refractivity contribution is 0.311. The summed E-state index contributed by atoms with van der Waals surface area (Å²) in [5, 5.41) is 12.7. The third-order valence-corrected chi connectivity index (χ3v) is 8.99. The molecule has 1 aliphatic carbocycles. The van der Waals surface area contributed by atoms with E-state index in [1.54, 1.807) is 18.3 Å². The van der Waals surface area contributed by atoms with Crippen LogP contribution in [-0.2, 0) is 10.8 Å². The molecule has 0 bridgehead atoms. The molecule has 0 amide bonds. The standard InChI is InChI=1S/C23H22FN5O2S2/c24-16-5-2-8-27-21(16)15-11-17(13-6-7-18(28-12-13)26-9-10-30)29-22-19(15)20(25)23(32-22)33(31)14-3-1-4-14/h2,5-8,11-12,14,30H,1,3-4,9-10,25H2,(H,26,28). The number of pyridine rings is 3. The number of nitrogens with two attached hydrogens (primary N) is 1. The zero-order valence-electron chi connectivity index (χ0n) is 17.6. The Labute approximate surface area is 196 Å². The largest absolute Gasteiger partial charge is 0.396 e. The number of rotatable bonds is 7. The number of aliphatic hydroxyl groups is 1. The molecule has 7 nitrogen and oxygen atoms in total. The Balaban J connectivity index is 1.67. The lowest BCUT2D eigenvalue weighted by Gasteiger charge is -2.23. The molecule has 5 rings (SSSR count). The summed E-state index contributed by atoms with van der Waals surface area (Å²) in [6.07, 6.45) is 6.11. The first kappa shape index (κ1) is 21.9. The van der Waals surface area contributed by atoms with Crippen LogP contribution < -0.4 is 11.1 Å². The maximum absolute atomic E-state index is 14.8. The van der Waals surface area contributed by atoms with Gasteiger partial charge in [0.05, 0.1) is 28.8 Å². The molecule has 1 aliphatic rings. The molecule has 0 aliphatic heterocycles. The molecule has 4 heterocycles. The Morgan fingerprint density at radius 3 is 2.79 bits per heavy atom. The van der Waals surface area contributed by atoms with Crippen LogP contribution in [0.4, 0.5) is 15.9 Å². The number of halogens is 1. The van der Waals surface area contributed by atoms with Gasteiger partial charge in [-0.15, -0.1) is 11.3 Å². The fourth-order valence-electron chi connectivity index (χ4n) is 3.74. The second-order valence-corrected chi connectivity index (χ2v) is 10.7. The number of hydrogen-bond acceptors (Lipinski definition) is 8. The van der Waals surface area contributed by atoms with Crippen molar-refractivity contribution in [3.05, 3.63) is 48.5 Å². The van der Waals surface area contributed by atoms with E-state index in [4.69, 9.17) is 15.8 Å². The summed E-state index contributed by atoms with van der Waals surface area (Å²) in [5.41, 5.74) is 8.89. The van der Waals surface area contributed by atoms with Crippen molar-refractivity contribution in [2.75, 3.05) is 24.2 Å². The molecule has 4 aromatic heterocycles. The smallest absolute Gasteiger partial charge is 0.149 e. The lowest BCUT2D eigenvalue weighted by Crippen LogP contribution is -2.23. The third kappa shape index (κ3) is 4.09. The number of nitrogens with one attached hydrogen (secondary N) is 1. The molecule has 4 aromatic rings. The molecule has 1 atom stereocenters. The van der Waals surface area contributed by atoms with Crippen molar-refractivity contribution in [1.82, 2.24) is 15.0 Å². The molecule has 1 fully saturated rings. The molecule has 1 saturated carbocycles.